The quantitative estimate of drug-likeness (QED) is 0.437. The van der Waals surface area contributed by atoms with Gasteiger partial charge in [-0.1, -0.05) is 11.8 Å². The second-order valence-corrected chi connectivity index (χ2v) is 6.54. The first kappa shape index (κ1) is 21.7. The van der Waals surface area contributed by atoms with E-state index in [4.69, 9.17) is 0 Å². The fourth-order valence-electron chi connectivity index (χ4n) is 3.08. The molecule has 30 heavy (non-hydrogen) atoms. The van der Waals surface area contributed by atoms with Gasteiger partial charge in [0.05, 0.1) is 39.4 Å². The highest BCUT2D eigenvalue weighted by molar-refractivity contribution is 5.89. The van der Waals surface area contributed by atoms with Gasteiger partial charge in [0.25, 0.3) is 0 Å². The number of hydrogen-bond acceptors (Lipinski definition) is 6. The Morgan fingerprint density at radius 1 is 0.733 bits per heavy atom. The molecule has 2 aromatic heterocycles. The second kappa shape index (κ2) is 8.62. The van der Waals surface area contributed by atoms with Gasteiger partial charge in [-0.15, -0.1) is 0 Å². The van der Waals surface area contributed by atoms with E-state index in [1.807, 2.05) is 13.0 Å². The van der Waals surface area contributed by atoms with Gasteiger partial charge in [-0.05, 0) is 27.7 Å². The lowest BCUT2D eigenvalue weighted by Gasteiger charge is -2.05. The first-order valence-corrected chi connectivity index (χ1v) is 8.83. The fraction of sp³-hybridized carbons (Fsp3) is 0.273. The maximum Gasteiger partial charge on any atom is 0.148 e. The van der Waals surface area contributed by atoms with Crippen molar-refractivity contribution in [2.45, 2.75) is 27.7 Å². The summed E-state index contributed by atoms with van der Waals surface area (Å²) in [5.41, 5.74) is 3.40. The topological polar surface area (TPSA) is 131 Å². The molecule has 8 heteroatoms. The monoisotopic (exact) mass is 394 g/mol. The van der Waals surface area contributed by atoms with Gasteiger partial charge in [-0.25, -0.2) is 0 Å². The largest absolute Gasteiger partial charge is 0.272 e. The van der Waals surface area contributed by atoms with Crippen LogP contribution < -0.4 is 0 Å². The number of allylic oxidation sites excluding steroid dienone is 4. The van der Waals surface area contributed by atoms with Crippen molar-refractivity contribution in [2.24, 2.45) is 14.1 Å². The van der Waals surface area contributed by atoms with Gasteiger partial charge in [0.2, 0.25) is 0 Å². The standard InChI is InChI=1S/C22H18N8/c1-13-18(15(3)29(5)27-13)7-8-19(20(11-25)17(9-23)10-24)21(12-26)22-14(2)28-30(6)16(22)4/h1-6H3. The average molecular weight is 394 g/mol. The van der Waals surface area contributed by atoms with Crippen LogP contribution in [0.2, 0.25) is 0 Å². The second-order valence-electron chi connectivity index (χ2n) is 6.54. The molecular weight excluding hydrogens is 376 g/mol. The van der Waals surface area contributed by atoms with Crippen LogP contribution in [-0.4, -0.2) is 19.6 Å². The third kappa shape index (κ3) is 3.70. The minimum absolute atomic E-state index is 0.0138. The van der Waals surface area contributed by atoms with E-state index in [-0.39, 0.29) is 16.7 Å². The van der Waals surface area contributed by atoms with E-state index in [0.29, 0.717) is 28.2 Å². The van der Waals surface area contributed by atoms with Crippen LogP contribution in [0.15, 0.2) is 16.7 Å². The van der Waals surface area contributed by atoms with Crippen molar-refractivity contribution in [3.63, 3.8) is 0 Å². The smallest absolute Gasteiger partial charge is 0.148 e. The molecule has 2 heterocycles. The lowest BCUT2D eigenvalue weighted by molar-refractivity contribution is 0.731. The molecule has 0 bridgehead atoms. The maximum atomic E-state index is 9.96. The molecule has 0 fully saturated rings. The van der Waals surface area contributed by atoms with Crippen LogP contribution in [-0.2, 0) is 14.1 Å². The van der Waals surface area contributed by atoms with Gasteiger partial charge in [0.15, 0.2) is 0 Å². The summed E-state index contributed by atoms with van der Waals surface area (Å²) in [5.74, 6) is 5.86. The van der Waals surface area contributed by atoms with E-state index >= 15 is 0 Å². The highest BCUT2D eigenvalue weighted by Crippen LogP contribution is 2.29. The van der Waals surface area contributed by atoms with Gasteiger partial charge in [-0.2, -0.15) is 31.2 Å². The summed E-state index contributed by atoms with van der Waals surface area (Å²) in [6.07, 6.45) is 0. The van der Waals surface area contributed by atoms with Crippen LogP contribution in [0.3, 0.4) is 0 Å². The van der Waals surface area contributed by atoms with Crippen LogP contribution in [0, 0.1) is 84.9 Å². The molecule has 0 unspecified atom stereocenters. The van der Waals surface area contributed by atoms with Crippen molar-refractivity contribution in [2.75, 3.05) is 0 Å². The van der Waals surface area contributed by atoms with Crippen molar-refractivity contribution < 1.29 is 0 Å². The lowest BCUT2D eigenvalue weighted by Crippen LogP contribution is -1.99. The Morgan fingerprint density at radius 2 is 1.30 bits per heavy atom. The number of rotatable bonds is 2. The minimum atomic E-state index is -0.409. The molecule has 2 aromatic rings. The molecule has 0 spiro atoms. The summed E-state index contributed by atoms with van der Waals surface area (Å²) in [6, 6.07) is 7.42. The molecule has 146 valence electrons. The number of aryl methyl sites for hydroxylation is 4. The highest BCUT2D eigenvalue weighted by atomic mass is 15.3. The predicted molar refractivity (Wildman–Crippen MR) is 109 cm³/mol. The summed E-state index contributed by atoms with van der Waals surface area (Å²) in [5, 5.41) is 47.0. The van der Waals surface area contributed by atoms with Crippen LogP contribution >= 0.6 is 0 Å². The molecule has 0 aliphatic heterocycles. The molecule has 0 aliphatic rings. The third-order valence-electron chi connectivity index (χ3n) is 4.78. The van der Waals surface area contributed by atoms with E-state index < -0.39 is 5.57 Å². The molecule has 0 aliphatic carbocycles. The Bertz CT molecular complexity index is 1320. The molecule has 0 radical (unpaired) electrons. The molecule has 0 N–H and O–H groups in total. The zero-order valence-electron chi connectivity index (χ0n) is 17.6. The molecule has 0 amide bonds. The van der Waals surface area contributed by atoms with Crippen LogP contribution in [0.5, 0.6) is 0 Å². The number of nitriles is 4. The molecular formula is C22H18N8. The molecule has 0 saturated heterocycles. The van der Waals surface area contributed by atoms with Crippen molar-refractivity contribution in [3.05, 3.63) is 50.6 Å². The average Bonchev–Trinajstić information content (AvgIpc) is 3.11. The van der Waals surface area contributed by atoms with Crippen LogP contribution in [0.25, 0.3) is 5.57 Å². The van der Waals surface area contributed by atoms with Crippen molar-refractivity contribution in [3.8, 4) is 36.1 Å². The maximum absolute atomic E-state index is 9.96. The number of aromatic nitrogens is 4. The number of nitrogens with zero attached hydrogens (tertiary/aromatic N) is 8. The van der Waals surface area contributed by atoms with Crippen molar-refractivity contribution in [1.82, 2.24) is 19.6 Å². The molecule has 0 atom stereocenters. The van der Waals surface area contributed by atoms with E-state index in [1.165, 1.54) is 0 Å². The van der Waals surface area contributed by atoms with Crippen LogP contribution in [0.4, 0.5) is 0 Å². The first-order valence-electron chi connectivity index (χ1n) is 8.83. The van der Waals surface area contributed by atoms with Crippen LogP contribution in [0.1, 0.15) is 33.9 Å². The molecule has 0 aromatic carbocycles. The van der Waals surface area contributed by atoms with Gasteiger partial charge in [-0.3, -0.25) is 9.36 Å². The van der Waals surface area contributed by atoms with E-state index in [2.05, 4.69) is 28.1 Å². The zero-order valence-corrected chi connectivity index (χ0v) is 17.6. The minimum Gasteiger partial charge on any atom is -0.272 e. The summed E-state index contributed by atoms with van der Waals surface area (Å²) < 4.78 is 3.30. The van der Waals surface area contributed by atoms with Gasteiger partial charge in [0.1, 0.15) is 29.8 Å². The number of hydrogen-bond donors (Lipinski definition) is 0. The Morgan fingerprint density at radius 3 is 1.70 bits per heavy atom. The Balaban J connectivity index is 3.01. The van der Waals surface area contributed by atoms with E-state index in [1.54, 1.807) is 56.4 Å². The predicted octanol–water partition coefficient (Wildman–Crippen LogP) is 2.58. The van der Waals surface area contributed by atoms with E-state index in [9.17, 15) is 21.0 Å². The van der Waals surface area contributed by atoms with Crippen molar-refractivity contribution in [1.29, 1.82) is 21.0 Å². The first-order chi connectivity index (χ1) is 14.2. The zero-order chi connectivity index (χ0) is 22.6. The molecule has 2 rings (SSSR count). The SMILES string of the molecule is Cc1nn(C)c(C)c1C#CC(C(C#N)=C(C#N)C#N)=C(C#N)c1c(C)nn(C)c1C. The lowest BCUT2D eigenvalue weighted by atomic mass is 9.92. The highest BCUT2D eigenvalue weighted by Gasteiger charge is 2.22. The summed E-state index contributed by atoms with van der Waals surface area (Å²) in [6.45, 7) is 7.19. The van der Waals surface area contributed by atoms with Gasteiger partial charge >= 0.3 is 0 Å². The molecule has 8 nitrogen and oxygen atoms in total. The Kier molecular flexibility index (Phi) is 6.24. The van der Waals surface area contributed by atoms with E-state index in [0.717, 1.165) is 5.69 Å². The Hall–Kier alpha value is -4.58. The summed E-state index contributed by atoms with van der Waals surface area (Å²) in [7, 11) is 3.53. The fourth-order valence-corrected chi connectivity index (χ4v) is 3.08. The normalized spacial score (nSPS) is 10.5. The third-order valence-corrected chi connectivity index (χ3v) is 4.78. The summed E-state index contributed by atoms with van der Waals surface area (Å²) >= 11 is 0. The van der Waals surface area contributed by atoms with Crippen molar-refractivity contribution >= 4 is 5.57 Å². The van der Waals surface area contributed by atoms with Gasteiger partial charge < -0.3 is 0 Å². The Labute approximate surface area is 175 Å². The molecule has 0 saturated carbocycles. The summed E-state index contributed by atoms with van der Waals surface area (Å²) in [4.78, 5) is 0. The van der Waals surface area contributed by atoms with Gasteiger partial charge in [0, 0.05) is 25.4 Å².